The van der Waals surface area contributed by atoms with Gasteiger partial charge in [-0.05, 0) is 30.5 Å². The number of benzene rings is 1. The van der Waals surface area contributed by atoms with E-state index in [4.69, 9.17) is 4.74 Å². The van der Waals surface area contributed by atoms with E-state index in [1.165, 1.54) is 18.2 Å². The van der Waals surface area contributed by atoms with E-state index < -0.39 is 46.3 Å². The van der Waals surface area contributed by atoms with E-state index in [0.29, 0.717) is 12.2 Å². The Hall–Kier alpha value is -3.26. The highest BCUT2D eigenvalue weighted by Crippen LogP contribution is 2.49. The number of fused-ring (bicyclic) bond motifs is 1. The maximum Gasteiger partial charge on any atom is 0.295 e. The number of anilines is 3. The van der Waals surface area contributed by atoms with Crippen LogP contribution in [0.1, 0.15) is 43.2 Å². The fourth-order valence-electron chi connectivity index (χ4n) is 4.12. The first-order valence-electron chi connectivity index (χ1n) is 11.0. The molecule has 0 bridgehead atoms. The van der Waals surface area contributed by atoms with Gasteiger partial charge in [-0.15, -0.1) is 0 Å². The first-order chi connectivity index (χ1) is 16.9. The number of ether oxygens (including phenoxy) is 1. The average molecular weight is 528 g/mol. The fraction of sp³-hybridized carbons (Fsp3) is 0.409. The van der Waals surface area contributed by atoms with Gasteiger partial charge in [0.25, 0.3) is 12.3 Å². The van der Waals surface area contributed by atoms with Crippen LogP contribution in [0.15, 0.2) is 29.2 Å². The van der Waals surface area contributed by atoms with Gasteiger partial charge in [0.15, 0.2) is 21.3 Å². The van der Waals surface area contributed by atoms with Gasteiger partial charge in [0.1, 0.15) is 17.3 Å². The molecule has 1 aliphatic heterocycles. The summed E-state index contributed by atoms with van der Waals surface area (Å²) in [4.78, 5) is 22.3. The molecule has 2 atom stereocenters. The Balaban J connectivity index is 1.55. The Morgan fingerprint density at radius 3 is 2.58 bits per heavy atom. The first kappa shape index (κ1) is 24.4. The molecule has 1 saturated carbocycles. The number of aromatic amines is 1. The van der Waals surface area contributed by atoms with Gasteiger partial charge in [0.2, 0.25) is 5.91 Å². The van der Waals surface area contributed by atoms with Gasteiger partial charge in [-0.1, -0.05) is 6.07 Å². The smallest absolute Gasteiger partial charge is 0.295 e. The van der Waals surface area contributed by atoms with E-state index in [1.54, 1.807) is 6.07 Å². The number of nitrogens with zero attached hydrogens (tertiary/aromatic N) is 2. The number of halogens is 4. The van der Waals surface area contributed by atoms with Crippen LogP contribution in [0, 0.1) is 5.92 Å². The SMILES string of the molecule is CS(=O)(=O)c1cc([C@@H]2CCCO2)ccc1Nc1cc(NC(=O)[C@@H]2CC2(F)F)nc2nc(C(F)F)[nH]c12. The number of rotatable bonds is 7. The van der Waals surface area contributed by atoms with Crippen LogP contribution in [0.5, 0.6) is 0 Å². The largest absolute Gasteiger partial charge is 0.374 e. The van der Waals surface area contributed by atoms with Gasteiger partial charge < -0.3 is 20.4 Å². The topological polar surface area (TPSA) is 126 Å². The number of aromatic nitrogens is 3. The van der Waals surface area contributed by atoms with Gasteiger partial charge >= 0.3 is 0 Å². The summed E-state index contributed by atoms with van der Waals surface area (Å²) >= 11 is 0. The first-order valence-corrected chi connectivity index (χ1v) is 12.9. The Morgan fingerprint density at radius 2 is 1.97 bits per heavy atom. The summed E-state index contributed by atoms with van der Waals surface area (Å²) in [6.45, 7) is 0.571. The van der Waals surface area contributed by atoms with E-state index in [9.17, 15) is 30.8 Å². The number of nitrogens with one attached hydrogen (secondary N) is 3. The van der Waals surface area contributed by atoms with E-state index >= 15 is 0 Å². The molecule has 3 N–H and O–H groups in total. The number of pyridine rings is 1. The van der Waals surface area contributed by atoms with Gasteiger partial charge in [-0.3, -0.25) is 4.79 Å². The van der Waals surface area contributed by atoms with Crippen LogP contribution in [-0.2, 0) is 19.4 Å². The van der Waals surface area contributed by atoms with Crippen molar-refractivity contribution >= 4 is 44.1 Å². The van der Waals surface area contributed by atoms with E-state index in [-0.39, 0.29) is 39.4 Å². The van der Waals surface area contributed by atoms with Crippen LogP contribution < -0.4 is 10.6 Å². The minimum absolute atomic E-state index is 0.0164. The molecule has 14 heteroatoms. The van der Waals surface area contributed by atoms with Crippen molar-refractivity contribution in [3.63, 3.8) is 0 Å². The third-order valence-electron chi connectivity index (χ3n) is 6.06. The summed E-state index contributed by atoms with van der Waals surface area (Å²) in [5.41, 5.74) is 0.670. The van der Waals surface area contributed by atoms with Crippen molar-refractivity contribution in [3.05, 3.63) is 35.7 Å². The summed E-state index contributed by atoms with van der Waals surface area (Å²) in [6, 6.07) is 5.93. The predicted octanol–water partition coefficient (Wildman–Crippen LogP) is 4.49. The molecular weight excluding hydrogens is 506 g/mol. The zero-order valence-corrected chi connectivity index (χ0v) is 19.6. The zero-order chi connectivity index (χ0) is 25.8. The second kappa shape index (κ2) is 8.69. The molecule has 0 spiro atoms. The van der Waals surface area contributed by atoms with Crippen molar-refractivity contribution in [2.75, 3.05) is 23.5 Å². The van der Waals surface area contributed by atoms with E-state index in [0.717, 1.165) is 19.1 Å². The molecule has 2 aromatic heterocycles. The summed E-state index contributed by atoms with van der Waals surface area (Å²) in [5, 5.41) is 5.15. The van der Waals surface area contributed by atoms with E-state index in [1.807, 2.05) is 0 Å². The molecule has 1 aliphatic carbocycles. The number of hydrogen-bond acceptors (Lipinski definition) is 7. The van der Waals surface area contributed by atoms with Crippen LogP contribution in [0.4, 0.5) is 34.8 Å². The second-order valence-electron chi connectivity index (χ2n) is 8.84. The molecule has 0 radical (unpaired) electrons. The molecular formula is C22H21F4N5O4S. The van der Waals surface area contributed by atoms with Gasteiger partial charge in [0, 0.05) is 25.3 Å². The van der Waals surface area contributed by atoms with Crippen molar-refractivity contribution in [2.24, 2.45) is 5.92 Å². The minimum Gasteiger partial charge on any atom is -0.374 e. The lowest BCUT2D eigenvalue weighted by molar-refractivity contribution is -0.119. The standard InChI is InChI=1S/C22H21F4N5O4S/c1-36(33,34)15-7-10(14-3-2-6-35-14)4-5-12(15)27-13-8-16(29-21(32)11-9-22(11,25)26)28-19-17(13)30-20(31-19)18(23)24/h4-5,7-8,11,14,18H,2-3,6,9H2,1H3,(H3,27,28,29,30,31,32)/t11-,14-/m0/s1. The summed E-state index contributed by atoms with van der Waals surface area (Å²) in [5.74, 6) is -6.50. The maximum absolute atomic E-state index is 13.3. The molecule has 36 heavy (non-hydrogen) atoms. The molecule has 192 valence electrons. The number of carbonyl (C=O) groups excluding carboxylic acids is 1. The molecule has 2 fully saturated rings. The lowest BCUT2D eigenvalue weighted by Gasteiger charge is -2.16. The van der Waals surface area contributed by atoms with Crippen molar-refractivity contribution in [1.29, 1.82) is 0 Å². The van der Waals surface area contributed by atoms with Crippen LogP contribution in [0.3, 0.4) is 0 Å². The molecule has 1 aromatic carbocycles. The number of carbonyl (C=O) groups is 1. The van der Waals surface area contributed by atoms with Crippen LogP contribution >= 0.6 is 0 Å². The summed E-state index contributed by atoms with van der Waals surface area (Å²) in [6.07, 6.45) is -1.18. The zero-order valence-electron chi connectivity index (χ0n) is 18.8. The molecule has 0 unspecified atom stereocenters. The van der Waals surface area contributed by atoms with Gasteiger partial charge in [-0.25, -0.2) is 35.9 Å². The van der Waals surface area contributed by atoms with Crippen LogP contribution in [-0.4, -0.2) is 48.1 Å². The highest BCUT2D eigenvalue weighted by molar-refractivity contribution is 7.90. The van der Waals surface area contributed by atoms with Gasteiger partial charge in [0.05, 0.1) is 22.4 Å². The second-order valence-corrected chi connectivity index (χ2v) is 10.8. The van der Waals surface area contributed by atoms with Crippen LogP contribution in [0.2, 0.25) is 0 Å². The molecule has 3 aromatic rings. The molecule has 2 aliphatic rings. The molecule has 9 nitrogen and oxygen atoms in total. The lowest BCUT2D eigenvalue weighted by atomic mass is 10.1. The summed E-state index contributed by atoms with van der Waals surface area (Å²) < 4.78 is 84.0. The molecule has 1 saturated heterocycles. The number of sulfone groups is 1. The Bertz CT molecular complexity index is 1450. The van der Waals surface area contributed by atoms with Crippen molar-refractivity contribution < 1.29 is 35.5 Å². The highest BCUT2D eigenvalue weighted by Gasteiger charge is 2.61. The predicted molar refractivity (Wildman–Crippen MR) is 121 cm³/mol. The van der Waals surface area contributed by atoms with Crippen LogP contribution in [0.25, 0.3) is 11.2 Å². The Morgan fingerprint density at radius 1 is 1.22 bits per heavy atom. The summed E-state index contributed by atoms with van der Waals surface area (Å²) in [7, 11) is -3.74. The van der Waals surface area contributed by atoms with Crippen molar-refractivity contribution in [1.82, 2.24) is 15.0 Å². The Labute approximate surface area is 202 Å². The Kier molecular flexibility index (Phi) is 5.90. The van der Waals surface area contributed by atoms with Crippen molar-refractivity contribution in [3.8, 4) is 0 Å². The third-order valence-corrected chi connectivity index (χ3v) is 7.19. The fourth-order valence-corrected chi connectivity index (χ4v) is 4.99. The van der Waals surface area contributed by atoms with E-state index in [2.05, 4.69) is 25.6 Å². The average Bonchev–Trinajstić information content (AvgIpc) is 3.19. The number of hydrogen-bond donors (Lipinski definition) is 3. The lowest BCUT2D eigenvalue weighted by Crippen LogP contribution is -2.18. The van der Waals surface area contributed by atoms with Gasteiger partial charge in [-0.2, -0.15) is 0 Å². The molecule has 5 rings (SSSR count). The number of imidazole rings is 1. The van der Waals surface area contributed by atoms with Crippen molar-refractivity contribution in [2.45, 2.75) is 42.6 Å². The molecule has 3 heterocycles. The number of alkyl halides is 4. The third kappa shape index (κ3) is 4.74. The normalized spacial score (nSPS) is 21.2. The number of H-pyrrole nitrogens is 1. The quantitative estimate of drug-likeness (QED) is 0.387. The molecule has 1 amide bonds. The number of amides is 1. The monoisotopic (exact) mass is 527 g/mol. The highest BCUT2D eigenvalue weighted by atomic mass is 32.2. The maximum atomic E-state index is 13.3. The minimum atomic E-state index is -3.74.